The number of nitrogens with zero attached hydrogens (tertiary/aromatic N) is 4. The van der Waals surface area contributed by atoms with Gasteiger partial charge in [-0.05, 0) is 0 Å². The summed E-state index contributed by atoms with van der Waals surface area (Å²) in [5, 5.41) is 9.11. The fourth-order valence-electron chi connectivity index (χ4n) is 0.769. The highest BCUT2D eigenvalue weighted by Crippen LogP contribution is 2.21. The van der Waals surface area contributed by atoms with Gasteiger partial charge in [0.15, 0.2) is 11.0 Å². The number of fused-ring (bicyclic) bond motifs is 1. The van der Waals surface area contributed by atoms with Crippen molar-refractivity contribution in [2.75, 3.05) is 0 Å². The van der Waals surface area contributed by atoms with Crippen LogP contribution < -0.4 is 0 Å². The molecule has 0 spiro atoms. The number of aromatic nitrogens is 4. The van der Waals surface area contributed by atoms with Gasteiger partial charge in [0.25, 0.3) is 0 Å². The molecule has 0 radical (unpaired) electrons. The Balaban J connectivity index is 2.81. The lowest BCUT2D eigenvalue weighted by atomic mass is 10.4. The second-order valence-electron chi connectivity index (χ2n) is 1.93. The highest BCUT2D eigenvalue weighted by atomic mass is 35.5. The number of rotatable bonds is 0. The average Bonchev–Trinajstić information content (AvgIpc) is 2.45. The van der Waals surface area contributed by atoms with E-state index in [2.05, 4.69) is 15.0 Å². The molecule has 6 heteroatoms. The Morgan fingerprint density at radius 2 is 2.18 bits per heavy atom. The van der Waals surface area contributed by atoms with E-state index in [1.807, 2.05) is 0 Å². The summed E-state index contributed by atoms with van der Waals surface area (Å²) in [6.07, 6.45) is 2.50. The van der Waals surface area contributed by atoms with Gasteiger partial charge < -0.3 is 5.21 Å². The number of imidazole rings is 1. The first-order chi connectivity index (χ1) is 5.29. The van der Waals surface area contributed by atoms with Gasteiger partial charge in [-0.25, -0.2) is 15.0 Å². The molecule has 5 nitrogen and oxygen atoms in total. The molecule has 0 aromatic rings. The number of hydrogen-bond donors (Lipinski definition) is 1. The maximum absolute atomic E-state index is 8.99. The van der Waals surface area contributed by atoms with Crippen LogP contribution in [0.25, 0.3) is 11.5 Å². The summed E-state index contributed by atoms with van der Waals surface area (Å²) in [6, 6.07) is 0. The molecule has 0 aliphatic carbocycles. The van der Waals surface area contributed by atoms with E-state index in [9.17, 15) is 0 Å². The molecular weight excluding hydrogens is 168 g/mol. The summed E-state index contributed by atoms with van der Waals surface area (Å²) in [4.78, 5) is 11.3. The summed E-state index contributed by atoms with van der Waals surface area (Å²) < 4.78 is 0.693. The molecule has 56 valence electrons. The molecule has 2 rings (SSSR count). The second-order valence-corrected chi connectivity index (χ2v) is 2.28. The summed E-state index contributed by atoms with van der Waals surface area (Å²) in [5.74, 6) is 0.431. The molecule has 0 saturated heterocycles. The van der Waals surface area contributed by atoms with Crippen molar-refractivity contribution in [1.82, 2.24) is 19.7 Å². The van der Waals surface area contributed by atoms with Crippen molar-refractivity contribution in [3.05, 3.63) is 17.8 Å². The van der Waals surface area contributed by atoms with E-state index in [1.54, 1.807) is 0 Å². The van der Waals surface area contributed by atoms with Crippen LogP contribution in [0.4, 0.5) is 0 Å². The van der Waals surface area contributed by atoms with Crippen LogP contribution in [0.3, 0.4) is 0 Å². The zero-order chi connectivity index (χ0) is 7.84. The number of hydrogen-bond acceptors (Lipinski definition) is 4. The molecule has 2 aliphatic rings. The van der Waals surface area contributed by atoms with Crippen LogP contribution in [0.5, 0.6) is 0 Å². The fraction of sp³-hybridized carbons (Fsp3) is 0. The molecule has 11 heavy (non-hydrogen) atoms. The Morgan fingerprint density at radius 1 is 1.36 bits per heavy atom. The highest BCUT2D eigenvalue weighted by Gasteiger charge is 2.13. The van der Waals surface area contributed by atoms with Gasteiger partial charge in [-0.1, -0.05) is 11.6 Å². The van der Waals surface area contributed by atoms with Crippen LogP contribution in [-0.4, -0.2) is 24.9 Å². The Morgan fingerprint density at radius 3 is 3.00 bits per heavy atom. The van der Waals surface area contributed by atoms with Crippen LogP contribution in [-0.2, 0) is 0 Å². The first-order valence-corrected chi connectivity index (χ1v) is 3.19. The van der Waals surface area contributed by atoms with E-state index in [0.717, 1.165) is 0 Å². The number of halogens is 1. The maximum Gasteiger partial charge on any atom is 0.184 e. The van der Waals surface area contributed by atoms with Gasteiger partial charge in [-0.3, -0.25) is 0 Å². The lowest BCUT2D eigenvalue weighted by Crippen LogP contribution is -1.99. The van der Waals surface area contributed by atoms with E-state index >= 15 is 0 Å². The van der Waals surface area contributed by atoms with Gasteiger partial charge in [0, 0.05) is 0 Å². The maximum atomic E-state index is 8.99. The molecule has 0 amide bonds. The molecule has 0 aromatic carbocycles. The van der Waals surface area contributed by atoms with Gasteiger partial charge in [-0.2, -0.15) is 4.73 Å². The zero-order valence-corrected chi connectivity index (χ0v) is 6.02. The largest absolute Gasteiger partial charge is 0.426 e. The van der Waals surface area contributed by atoms with Crippen molar-refractivity contribution >= 4 is 11.6 Å². The van der Waals surface area contributed by atoms with Crippen molar-refractivity contribution in [3.63, 3.8) is 0 Å². The Bertz CT molecular complexity index is 360. The Labute approximate surface area is 66.6 Å². The van der Waals surface area contributed by atoms with Crippen LogP contribution in [0.15, 0.2) is 12.7 Å². The van der Waals surface area contributed by atoms with E-state index in [-0.39, 0.29) is 5.15 Å². The predicted octanol–water partition coefficient (Wildman–Crippen LogP) is 0.669. The minimum atomic E-state index is 0.118. The summed E-state index contributed by atoms with van der Waals surface area (Å²) in [5.41, 5.74) is 0.400. The molecule has 1 N–H and O–H groups in total. The molecule has 0 atom stereocenters. The molecule has 0 fully saturated rings. The Kier molecular flexibility index (Phi) is 1.19. The van der Waals surface area contributed by atoms with E-state index in [0.29, 0.717) is 16.2 Å². The monoisotopic (exact) mass is 170 g/mol. The van der Waals surface area contributed by atoms with Crippen molar-refractivity contribution < 1.29 is 5.21 Å². The average molecular weight is 171 g/mol. The molecule has 0 bridgehead atoms. The lowest BCUT2D eigenvalue weighted by molar-refractivity contribution is 0.181. The third-order valence-electron chi connectivity index (χ3n) is 1.26. The zero-order valence-electron chi connectivity index (χ0n) is 5.27. The third kappa shape index (κ3) is 0.813. The van der Waals surface area contributed by atoms with Gasteiger partial charge >= 0.3 is 0 Å². The van der Waals surface area contributed by atoms with E-state index < -0.39 is 0 Å². The van der Waals surface area contributed by atoms with Gasteiger partial charge in [-0.15, -0.1) is 0 Å². The quantitative estimate of drug-likeness (QED) is 0.466. The normalized spacial score (nSPS) is 10.6. The molecule has 0 aromatic heterocycles. The Hall–Kier alpha value is -1.36. The van der Waals surface area contributed by atoms with Gasteiger partial charge in [0.05, 0.1) is 0 Å². The van der Waals surface area contributed by atoms with E-state index in [4.69, 9.17) is 16.8 Å². The predicted molar refractivity (Wildman–Crippen MR) is 36.6 cm³/mol. The standard InChI is InChI=1S/C5H3ClN4O/c6-4-3-5(8-1-7-3)9-2-10(4)11/h1-2,11H. The summed E-state index contributed by atoms with van der Waals surface area (Å²) in [6.45, 7) is 0. The van der Waals surface area contributed by atoms with Gasteiger partial charge in [0.2, 0.25) is 0 Å². The third-order valence-corrected chi connectivity index (χ3v) is 1.62. The smallest absolute Gasteiger partial charge is 0.184 e. The summed E-state index contributed by atoms with van der Waals surface area (Å²) >= 11 is 5.64. The highest BCUT2D eigenvalue weighted by molar-refractivity contribution is 6.31. The summed E-state index contributed by atoms with van der Waals surface area (Å²) in [7, 11) is 0. The van der Waals surface area contributed by atoms with Crippen molar-refractivity contribution in [3.8, 4) is 11.5 Å². The fourth-order valence-corrected chi connectivity index (χ4v) is 0.946. The molecule has 2 aliphatic heterocycles. The minimum absolute atomic E-state index is 0.118. The van der Waals surface area contributed by atoms with Crippen LogP contribution >= 0.6 is 11.6 Å². The molecule has 2 heterocycles. The van der Waals surface area contributed by atoms with Gasteiger partial charge in [0.1, 0.15) is 18.3 Å². The van der Waals surface area contributed by atoms with Crippen LogP contribution in [0.2, 0.25) is 5.15 Å². The SMILES string of the molecule is On1cnc2ncnc-2c1Cl. The topological polar surface area (TPSA) is 63.8 Å². The van der Waals surface area contributed by atoms with Crippen molar-refractivity contribution in [2.45, 2.75) is 0 Å². The van der Waals surface area contributed by atoms with Crippen LogP contribution in [0.1, 0.15) is 0 Å². The van der Waals surface area contributed by atoms with E-state index in [1.165, 1.54) is 12.7 Å². The molecular formula is C5H3ClN4O. The van der Waals surface area contributed by atoms with Crippen LogP contribution in [0, 0.1) is 0 Å². The van der Waals surface area contributed by atoms with Crippen molar-refractivity contribution in [1.29, 1.82) is 0 Å². The molecule has 0 saturated carbocycles. The first kappa shape index (κ1) is 6.36. The van der Waals surface area contributed by atoms with Crippen molar-refractivity contribution in [2.24, 2.45) is 0 Å². The lowest BCUT2D eigenvalue weighted by Gasteiger charge is -2.01. The second kappa shape index (κ2) is 2.06. The minimum Gasteiger partial charge on any atom is -0.426 e. The molecule has 0 unspecified atom stereocenters. The first-order valence-electron chi connectivity index (χ1n) is 2.82.